The van der Waals surface area contributed by atoms with Gasteiger partial charge in [0.2, 0.25) is 12.0 Å². The van der Waals surface area contributed by atoms with Crippen molar-refractivity contribution in [1.29, 1.82) is 0 Å². The number of benzene rings is 3. The first-order valence-electron chi connectivity index (χ1n) is 26.6. The smallest absolute Gasteiger partial charge is 0.348 e. The summed E-state index contributed by atoms with van der Waals surface area (Å²) in [4.78, 5) is 39.8. The number of carbonyl (C=O) groups is 1. The molecule has 0 radical (unpaired) electrons. The molecule has 5 aliphatic rings. The van der Waals surface area contributed by atoms with Crippen LogP contribution in [0.3, 0.4) is 0 Å². The Kier molecular flexibility index (Phi) is 17.5. The van der Waals surface area contributed by atoms with Crippen LogP contribution in [0.4, 0.5) is 4.39 Å². The Labute approximate surface area is 463 Å². The number of likely N-dealkylation sites (N-methyl/N-ethyl adjacent to an activating group) is 1. The number of halogens is 3. The first-order valence-corrected chi connectivity index (χ1v) is 28.2. The lowest BCUT2D eigenvalue weighted by molar-refractivity contribution is -0.163. The molecule has 6 aromatic rings. The summed E-state index contributed by atoms with van der Waals surface area (Å²) in [5.74, 6) is 1.97. The van der Waals surface area contributed by atoms with Crippen LogP contribution < -0.4 is 18.9 Å². The van der Waals surface area contributed by atoms with Crippen LogP contribution in [-0.2, 0) is 36.8 Å². The summed E-state index contributed by atoms with van der Waals surface area (Å²) < 4.78 is 65.2. The molecule has 410 valence electrons. The minimum absolute atomic E-state index is 0.00155. The molecule has 0 spiro atoms. The van der Waals surface area contributed by atoms with Crippen LogP contribution in [0.25, 0.3) is 31.8 Å². The fraction of sp³-hybridized carbons (Fsp3) is 0.500. The maximum absolute atomic E-state index is 14.7. The van der Waals surface area contributed by atoms with E-state index < -0.39 is 23.8 Å². The molecule has 11 rings (SSSR count). The van der Waals surface area contributed by atoms with Crippen molar-refractivity contribution < 1.29 is 47.1 Å². The molecule has 1 saturated carbocycles. The minimum atomic E-state index is -1.26. The third kappa shape index (κ3) is 13.3. The van der Waals surface area contributed by atoms with Crippen LogP contribution in [0.2, 0.25) is 10.0 Å². The van der Waals surface area contributed by atoms with Gasteiger partial charge < -0.3 is 42.8 Å². The van der Waals surface area contributed by atoms with E-state index in [0.717, 1.165) is 73.8 Å². The standard InChI is InChI=1S/C58H67Cl2FN6O9S/c1-34-47-35(2)51(60)52(50(34)59)74-43(27-67-21-19-66(6)20-22-67)32-72-42-15-16-45(73-29-41-17-18-62-54(65-41)38-9-7-36(8-10-38)28-70-31-44-30-69-23-24-71-44)39(25-42)26-46(57(68)76-58(3,4)5)75-55-49-48(47)53(77-56(49)64-33-63-55)37-11-13-40(61)14-12-37/h11-18,25,33,36,38,43-44,46H,7-10,19-24,26-32H2,1-6H3/t36?,38?,43-,44+,46-/m1/s1. The molecule has 77 heavy (non-hydrogen) atoms. The number of hydrogen-bond donors (Lipinski definition) is 0. The second kappa shape index (κ2) is 24.4. The number of hydrogen-bond acceptors (Lipinski definition) is 16. The highest BCUT2D eigenvalue weighted by Crippen LogP contribution is 2.53. The van der Waals surface area contributed by atoms with Crippen molar-refractivity contribution in [2.75, 3.05) is 79.4 Å². The molecule has 3 aromatic carbocycles. The van der Waals surface area contributed by atoms with Gasteiger partial charge in [-0.2, -0.15) is 0 Å². The number of rotatable bonds is 12. The predicted molar refractivity (Wildman–Crippen MR) is 294 cm³/mol. The highest BCUT2D eigenvalue weighted by atomic mass is 35.5. The molecule has 3 aromatic heterocycles. The topological polar surface area (TPSA) is 149 Å². The highest BCUT2D eigenvalue weighted by Gasteiger charge is 2.34. The Morgan fingerprint density at radius 1 is 0.870 bits per heavy atom. The molecule has 7 heterocycles. The third-order valence-electron chi connectivity index (χ3n) is 14.6. The van der Waals surface area contributed by atoms with Gasteiger partial charge in [0.05, 0.1) is 47.6 Å². The van der Waals surface area contributed by atoms with Gasteiger partial charge in [0.1, 0.15) is 65.3 Å². The van der Waals surface area contributed by atoms with E-state index in [1.165, 1.54) is 29.8 Å². The predicted octanol–water partition coefficient (Wildman–Crippen LogP) is 10.9. The summed E-state index contributed by atoms with van der Waals surface area (Å²) in [6.07, 6.45) is 5.39. The van der Waals surface area contributed by atoms with E-state index in [9.17, 15) is 9.18 Å². The maximum atomic E-state index is 14.7. The molecule has 0 amide bonds. The van der Waals surface area contributed by atoms with Crippen molar-refractivity contribution in [2.45, 2.75) is 103 Å². The van der Waals surface area contributed by atoms with E-state index in [4.69, 9.17) is 81.0 Å². The number of esters is 1. The molecule has 0 N–H and O–H groups in total. The van der Waals surface area contributed by atoms with E-state index >= 15 is 0 Å². The normalized spacial score (nSPS) is 21.7. The van der Waals surface area contributed by atoms with Crippen LogP contribution in [0.1, 0.15) is 80.6 Å². The Balaban J connectivity index is 1.00. The molecular weight excluding hydrogens is 1050 g/mol. The van der Waals surface area contributed by atoms with E-state index in [1.807, 2.05) is 58.9 Å². The maximum Gasteiger partial charge on any atom is 0.348 e. The van der Waals surface area contributed by atoms with E-state index in [1.54, 1.807) is 18.3 Å². The van der Waals surface area contributed by atoms with Gasteiger partial charge >= 0.3 is 5.97 Å². The number of piperazine rings is 1. The molecule has 0 unspecified atom stereocenters. The van der Waals surface area contributed by atoms with Crippen molar-refractivity contribution in [2.24, 2.45) is 5.92 Å². The fourth-order valence-corrected chi connectivity index (χ4v) is 12.2. The number of thiophene rings is 1. The second-order valence-electron chi connectivity index (χ2n) is 21.5. The Morgan fingerprint density at radius 2 is 1.64 bits per heavy atom. The number of aromatic nitrogens is 4. The van der Waals surface area contributed by atoms with Gasteiger partial charge in [0.15, 0.2) is 5.75 Å². The highest BCUT2D eigenvalue weighted by molar-refractivity contribution is 7.22. The number of carbonyl (C=O) groups excluding carboxylic acids is 1. The SMILES string of the molecule is Cc1c(Cl)c2c(Cl)c(C)c1-c1c(-c3ccc(F)cc3)sc3ncnc(c13)O[C@@H](C(=O)OC(C)(C)C)Cc1cc(ccc1OCc1ccnc(C3CCC(COC[C@@H]4COCCO4)CC3)n1)OC[C@@H](CN1CCN(C)CC1)O2. The van der Waals surface area contributed by atoms with Gasteiger partial charge in [-0.05, 0) is 132 Å². The summed E-state index contributed by atoms with van der Waals surface area (Å²) in [5.41, 5.74) is 3.92. The summed E-state index contributed by atoms with van der Waals surface area (Å²) in [7, 11) is 2.12. The lowest BCUT2D eigenvalue weighted by Gasteiger charge is -2.35. The fourth-order valence-electron chi connectivity index (χ4n) is 10.5. The lowest BCUT2D eigenvalue weighted by atomic mass is 9.82. The van der Waals surface area contributed by atoms with Gasteiger partial charge in [0, 0.05) is 73.9 Å². The van der Waals surface area contributed by atoms with Crippen LogP contribution in [0, 0.1) is 25.6 Å². The molecule has 4 bridgehead atoms. The van der Waals surface area contributed by atoms with Crippen molar-refractivity contribution in [3.05, 3.63) is 105 Å². The average molecular weight is 1110 g/mol. The van der Waals surface area contributed by atoms with Crippen LogP contribution >= 0.6 is 34.5 Å². The zero-order chi connectivity index (χ0) is 53.8. The molecule has 3 atom stereocenters. The number of fused-ring (bicyclic) bond motifs is 7. The Bertz CT molecular complexity index is 3000. The summed E-state index contributed by atoms with van der Waals surface area (Å²) in [6, 6.07) is 13.7. The summed E-state index contributed by atoms with van der Waals surface area (Å²) in [5, 5.41) is 1.16. The van der Waals surface area contributed by atoms with Crippen LogP contribution in [0.5, 0.6) is 23.1 Å². The third-order valence-corrected chi connectivity index (χ3v) is 16.7. The first-order chi connectivity index (χ1) is 37.1. The van der Waals surface area contributed by atoms with Crippen molar-refractivity contribution in [3.63, 3.8) is 0 Å². The largest absolute Gasteiger partial charge is 0.490 e. The number of ether oxygens (including phenoxy) is 8. The quantitative estimate of drug-likeness (QED) is 0.107. The van der Waals surface area contributed by atoms with E-state index in [-0.39, 0.29) is 43.4 Å². The molecule has 4 aliphatic heterocycles. The average Bonchev–Trinajstić information content (AvgIpc) is 4.06. The van der Waals surface area contributed by atoms with Gasteiger partial charge in [0.25, 0.3) is 0 Å². The zero-order valence-corrected chi connectivity index (χ0v) is 46.9. The summed E-state index contributed by atoms with van der Waals surface area (Å²) in [6.45, 7) is 16.7. The van der Waals surface area contributed by atoms with Crippen LogP contribution in [-0.4, -0.2) is 139 Å². The van der Waals surface area contributed by atoms with Gasteiger partial charge in [-0.1, -0.05) is 35.3 Å². The van der Waals surface area contributed by atoms with Gasteiger partial charge in [-0.3, -0.25) is 4.90 Å². The van der Waals surface area contributed by atoms with E-state index in [0.29, 0.717) is 111 Å². The van der Waals surface area contributed by atoms with Gasteiger partial charge in [-0.25, -0.2) is 29.1 Å². The zero-order valence-electron chi connectivity index (χ0n) is 44.6. The first kappa shape index (κ1) is 55.1. The van der Waals surface area contributed by atoms with Crippen molar-refractivity contribution in [1.82, 2.24) is 29.7 Å². The molecule has 2 saturated heterocycles. The monoisotopic (exact) mass is 1110 g/mol. The molecule has 15 nitrogen and oxygen atoms in total. The Hall–Kier alpha value is -5.24. The second-order valence-corrected chi connectivity index (χ2v) is 23.3. The number of nitrogens with zero attached hydrogens (tertiary/aromatic N) is 6. The van der Waals surface area contributed by atoms with Crippen molar-refractivity contribution >= 4 is 50.7 Å². The lowest BCUT2D eigenvalue weighted by Crippen LogP contribution is -2.49. The molecule has 1 aliphatic carbocycles. The summed E-state index contributed by atoms with van der Waals surface area (Å²) >= 11 is 16.2. The minimum Gasteiger partial charge on any atom is -0.490 e. The molecule has 19 heteroatoms. The van der Waals surface area contributed by atoms with Gasteiger partial charge in [-0.15, -0.1) is 11.3 Å². The Morgan fingerprint density at radius 3 is 2.36 bits per heavy atom. The molecular formula is C58H67Cl2FN6O9S. The molecule has 3 fully saturated rings. The van der Waals surface area contributed by atoms with Crippen molar-refractivity contribution in [3.8, 4) is 44.7 Å². The van der Waals surface area contributed by atoms with E-state index in [2.05, 4.69) is 16.8 Å². The van der Waals surface area contributed by atoms with Crippen LogP contribution in [0.15, 0.2) is 61.1 Å².